The lowest BCUT2D eigenvalue weighted by Gasteiger charge is -2.18. The van der Waals surface area contributed by atoms with E-state index in [9.17, 15) is 47.9 Å². The summed E-state index contributed by atoms with van der Waals surface area (Å²) >= 11 is 5.65. The first-order valence-corrected chi connectivity index (χ1v) is 8.27. The van der Waals surface area contributed by atoms with E-state index < -0.39 is 67.8 Å². The molecule has 1 aromatic heterocycles. The molecular formula is C16H11ClF3N3O8. The van der Waals surface area contributed by atoms with Crippen molar-refractivity contribution in [3.8, 4) is 11.6 Å². The molecule has 0 atom stereocenters. The highest BCUT2D eigenvalue weighted by Gasteiger charge is 2.51. The summed E-state index contributed by atoms with van der Waals surface area (Å²) in [4.78, 5) is 45.5. The van der Waals surface area contributed by atoms with Crippen LogP contribution >= 0.6 is 11.6 Å². The van der Waals surface area contributed by atoms with Crippen molar-refractivity contribution in [2.45, 2.75) is 13.1 Å². The van der Waals surface area contributed by atoms with Crippen LogP contribution in [0.4, 0.5) is 18.9 Å². The fraction of sp³-hybridized carbons (Fsp3) is 0.250. The van der Waals surface area contributed by atoms with E-state index >= 15 is 0 Å². The summed E-state index contributed by atoms with van der Waals surface area (Å²) < 4.78 is 44.5. The monoisotopic (exact) mass is 465 g/mol. The van der Waals surface area contributed by atoms with Gasteiger partial charge < -0.3 is 14.9 Å². The van der Waals surface area contributed by atoms with Gasteiger partial charge in [-0.05, 0) is 19.1 Å². The molecule has 0 radical (unpaired) electrons. The average molecular weight is 466 g/mol. The van der Waals surface area contributed by atoms with Gasteiger partial charge in [-0.3, -0.25) is 29.2 Å². The van der Waals surface area contributed by atoms with Gasteiger partial charge in [-0.25, -0.2) is 0 Å². The van der Waals surface area contributed by atoms with Crippen molar-refractivity contribution >= 4 is 35.0 Å². The molecule has 0 aliphatic carbocycles. The number of hydrogen-bond donors (Lipinski definition) is 2. The van der Waals surface area contributed by atoms with Gasteiger partial charge in [0.2, 0.25) is 5.41 Å². The van der Waals surface area contributed by atoms with E-state index in [2.05, 4.69) is 5.10 Å². The maximum atomic E-state index is 13.0. The van der Waals surface area contributed by atoms with E-state index in [1.165, 1.54) is 0 Å². The summed E-state index contributed by atoms with van der Waals surface area (Å²) in [6, 6.07) is 2.18. The number of nitro groups is 1. The number of nitrogens with zero attached hydrogens (tertiary/aromatic N) is 3. The molecule has 0 unspecified atom stereocenters. The number of halogens is 4. The van der Waals surface area contributed by atoms with Crippen LogP contribution < -0.4 is 4.74 Å². The summed E-state index contributed by atoms with van der Waals surface area (Å²) in [6.45, 7) is 0.530. The van der Waals surface area contributed by atoms with Gasteiger partial charge >= 0.3 is 18.1 Å². The number of Topliss-reactive ketones (excluding diaryl/α,β-unsaturated/α-hetero) is 1. The van der Waals surface area contributed by atoms with E-state index in [4.69, 9.17) is 16.3 Å². The minimum absolute atomic E-state index is 0.376. The number of alkyl halides is 3. The Balaban J connectivity index is 2.60. The van der Waals surface area contributed by atoms with E-state index in [1.54, 1.807) is 0 Å². The quantitative estimate of drug-likeness (QED) is 0.270. The van der Waals surface area contributed by atoms with Gasteiger partial charge in [0.25, 0.3) is 11.6 Å². The molecule has 0 amide bonds. The molecule has 2 rings (SSSR count). The maximum absolute atomic E-state index is 13.0. The van der Waals surface area contributed by atoms with Crippen molar-refractivity contribution in [3.05, 3.63) is 44.6 Å². The topological polar surface area (TPSA) is 162 Å². The molecule has 2 N–H and O–H groups in total. The smallest absolute Gasteiger partial charge is 0.434 e. The lowest BCUT2D eigenvalue weighted by Crippen LogP contribution is -2.44. The van der Waals surface area contributed by atoms with Gasteiger partial charge in [0, 0.05) is 13.1 Å². The predicted octanol–water partition coefficient (Wildman–Crippen LogP) is 3.15. The second-order valence-corrected chi connectivity index (χ2v) is 6.57. The molecule has 166 valence electrons. The molecule has 0 saturated carbocycles. The molecule has 0 spiro atoms. The number of aryl methyl sites for hydroxylation is 1. The number of ketones is 1. The van der Waals surface area contributed by atoms with Crippen LogP contribution in [0.25, 0.3) is 0 Å². The number of benzene rings is 1. The standard InChI is InChI=1S/C16H11ClF3N3O8/c1-15(13(25)26,14(27)28)11(24)7-5-6(3-4-8(7)23(29)30)31-12-9(17)10(16(18,19)20)22(2)21-12/h3-5H,1-2H3,(H,25,26)(H,27,28). The van der Waals surface area contributed by atoms with Gasteiger partial charge in [-0.1, -0.05) is 11.6 Å². The van der Waals surface area contributed by atoms with Crippen molar-refractivity contribution in [2.75, 3.05) is 0 Å². The Morgan fingerprint density at radius 2 is 1.77 bits per heavy atom. The average Bonchev–Trinajstić information content (AvgIpc) is 2.92. The van der Waals surface area contributed by atoms with E-state index in [-0.39, 0.29) is 0 Å². The number of carbonyl (C=O) groups is 3. The number of hydrogen-bond acceptors (Lipinski definition) is 7. The minimum atomic E-state index is -4.89. The number of carboxylic acids is 2. The Kier molecular flexibility index (Phi) is 5.99. The second kappa shape index (κ2) is 7.86. The van der Waals surface area contributed by atoms with Gasteiger partial charge in [0.1, 0.15) is 16.3 Å². The zero-order chi connectivity index (χ0) is 23.9. The number of nitro benzene ring substituents is 1. The van der Waals surface area contributed by atoms with Crippen molar-refractivity contribution in [1.29, 1.82) is 0 Å². The van der Waals surface area contributed by atoms with Crippen LogP contribution in [0.5, 0.6) is 11.6 Å². The van der Waals surface area contributed by atoms with Gasteiger partial charge in [-0.15, -0.1) is 5.10 Å². The minimum Gasteiger partial charge on any atom is -0.480 e. The van der Waals surface area contributed by atoms with Crippen LogP contribution in [0, 0.1) is 15.5 Å². The fourth-order valence-electron chi connectivity index (χ4n) is 2.43. The lowest BCUT2D eigenvalue weighted by atomic mass is 9.81. The first-order valence-electron chi connectivity index (χ1n) is 7.89. The Bertz CT molecular complexity index is 1100. The molecule has 15 heteroatoms. The molecule has 11 nitrogen and oxygen atoms in total. The number of ether oxygens (including phenoxy) is 1. The first kappa shape index (κ1) is 23.6. The molecule has 0 aliphatic heterocycles. The number of aromatic nitrogens is 2. The van der Waals surface area contributed by atoms with E-state index in [0.29, 0.717) is 23.7 Å². The molecule has 0 saturated heterocycles. The summed E-state index contributed by atoms with van der Waals surface area (Å²) in [5.74, 6) is -7.09. The van der Waals surface area contributed by atoms with Crippen LogP contribution in [0.3, 0.4) is 0 Å². The Morgan fingerprint density at radius 3 is 2.19 bits per heavy atom. The molecule has 31 heavy (non-hydrogen) atoms. The molecular weight excluding hydrogens is 455 g/mol. The lowest BCUT2D eigenvalue weighted by molar-refractivity contribution is -0.385. The van der Waals surface area contributed by atoms with Crippen LogP contribution in [-0.2, 0) is 22.8 Å². The van der Waals surface area contributed by atoms with Gasteiger partial charge in [0.15, 0.2) is 11.5 Å². The van der Waals surface area contributed by atoms with Crippen LogP contribution in [0.1, 0.15) is 23.0 Å². The molecule has 0 bridgehead atoms. The summed E-state index contributed by atoms with van der Waals surface area (Å²) in [7, 11) is 0.928. The molecule has 1 aromatic carbocycles. The van der Waals surface area contributed by atoms with Crippen LogP contribution in [0.2, 0.25) is 5.02 Å². The molecule has 2 aromatic rings. The van der Waals surface area contributed by atoms with Crippen LogP contribution in [-0.4, -0.2) is 42.6 Å². The van der Waals surface area contributed by atoms with E-state index in [1.807, 2.05) is 0 Å². The highest BCUT2D eigenvalue weighted by Crippen LogP contribution is 2.41. The second-order valence-electron chi connectivity index (χ2n) is 6.19. The Labute approximate surface area is 174 Å². The Morgan fingerprint density at radius 1 is 1.23 bits per heavy atom. The third-order valence-corrected chi connectivity index (χ3v) is 4.50. The number of carbonyl (C=O) groups excluding carboxylic acids is 1. The van der Waals surface area contributed by atoms with Crippen molar-refractivity contribution in [2.24, 2.45) is 12.5 Å². The first-order chi connectivity index (χ1) is 14.1. The largest absolute Gasteiger partial charge is 0.480 e. The number of carboxylic acid groups (broad SMARTS) is 2. The zero-order valence-electron chi connectivity index (χ0n) is 15.4. The molecule has 0 aliphatic rings. The number of aliphatic carboxylic acids is 2. The Hall–Kier alpha value is -3.68. The maximum Gasteiger partial charge on any atom is 0.434 e. The molecule has 1 heterocycles. The third kappa shape index (κ3) is 4.14. The zero-order valence-corrected chi connectivity index (χ0v) is 16.2. The summed E-state index contributed by atoms with van der Waals surface area (Å²) in [5, 5.41) is 32.1. The van der Waals surface area contributed by atoms with Crippen molar-refractivity contribution < 1.29 is 47.4 Å². The van der Waals surface area contributed by atoms with Gasteiger partial charge in [0.05, 0.1) is 4.92 Å². The van der Waals surface area contributed by atoms with Crippen molar-refractivity contribution in [1.82, 2.24) is 9.78 Å². The van der Waals surface area contributed by atoms with Crippen molar-refractivity contribution in [3.63, 3.8) is 0 Å². The SMILES string of the molecule is Cn1nc(Oc2ccc([N+](=O)[O-])c(C(=O)C(C)(C(=O)O)C(=O)O)c2)c(Cl)c1C(F)(F)F. The summed E-state index contributed by atoms with van der Waals surface area (Å²) in [5.41, 5.74) is -6.35. The van der Waals surface area contributed by atoms with Gasteiger partial charge in [-0.2, -0.15) is 13.2 Å². The fourth-order valence-corrected chi connectivity index (χ4v) is 2.74. The normalized spacial score (nSPS) is 11.8. The molecule has 0 fully saturated rings. The summed E-state index contributed by atoms with van der Waals surface area (Å²) in [6.07, 6.45) is -4.89. The van der Waals surface area contributed by atoms with Crippen LogP contribution in [0.15, 0.2) is 18.2 Å². The third-order valence-electron chi connectivity index (χ3n) is 4.16. The highest BCUT2D eigenvalue weighted by atomic mass is 35.5. The number of rotatable bonds is 7. The van der Waals surface area contributed by atoms with E-state index in [0.717, 1.165) is 13.1 Å². The predicted molar refractivity (Wildman–Crippen MR) is 94.1 cm³/mol. The highest BCUT2D eigenvalue weighted by molar-refractivity contribution is 6.32.